The quantitative estimate of drug-likeness (QED) is 0.277. The topological polar surface area (TPSA) is 88.8 Å². The molecule has 0 unspecified atom stereocenters. The molecule has 0 aliphatic rings. The Labute approximate surface area is 182 Å². The largest absolute Gasteiger partial charge is 0.494 e. The van der Waals surface area contributed by atoms with Gasteiger partial charge in [-0.25, -0.2) is 4.98 Å². The van der Waals surface area contributed by atoms with E-state index in [1.54, 1.807) is 24.2 Å². The molecule has 8 nitrogen and oxygen atoms in total. The van der Waals surface area contributed by atoms with Crippen molar-refractivity contribution in [1.82, 2.24) is 9.88 Å². The SMILES string of the molecule is COc1cccc2sc(N(CCCN(C)C)C(=O)C=Cc3ccc([N+](=O)[O-])s3)nc12. The van der Waals surface area contributed by atoms with Crippen LogP contribution in [0, 0.1) is 10.1 Å². The number of amides is 1. The fraction of sp³-hybridized carbons (Fsp3) is 0.300. The third-order valence-corrected chi connectivity index (χ3v) is 6.30. The first kappa shape index (κ1) is 21.9. The second-order valence-electron chi connectivity index (χ2n) is 6.72. The number of fused-ring (bicyclic) bond motifs is 1. The second-order valence-corrected chi connectivity index (χ2v) is 8.82. The molecule has 1 aromatic carbocycles. The van der Waals surface area contributed by atoms with Crippen molar-refractivity contribution in [3.8, 4) is 5.75 Å². The first-order valence-corrected chi connectivity index (χ1v) is 10.8. The molecule has 0 bridgehead atoms. The van der Waals surface area contributed by atoms with Gasteiger partial charge in [-0.3, -0.25) is 19.8 Å². The Morgan fingerprint density at radius 3 is 2.70 bits per heavy atom. The average Bonchev–Trinajstić information content (AvgIpc) is 3.35. The molecule has 30 heavy (non-hydrogen) atoms. The molecule has 0 spiro atoms. The van der Waals surface area contributed by atoms with Crippen LogP contribution in [0.15, 0.2) is 36.4 Å². The lowest BCUT2D eigenvalue weighted by atomic mass is 10.3. The molecule has 0 radical (unpaired) electrons. The van der Waals surface area contributed by atoms with Crippen LogP contribution in [0.3, 0.4) is 0 Å². The van der Waals surface area contributed by atoms with Gasteiger partial charge in [-0.05, 0) is 51.3 Å². The summed E-state index contributed by atoms with van der Waals surface area (Å²) in [5.74, 6) is 0.444. The van der Waals surface area contributed by atoms with Gasteiger partial charge in [-0.1, -0.05) is 28.7 Å². The summed E-state index contributed by atoms with van der Waals surface area (Å²) in [6.07, 6.45) is 3.82. The number of aromatic nitrogens is 1. The number of ether oxygens (including phenoxy) is 1. The Hall–Kier alpha value is -2.82. The molecule has 1 amide bonds. The molecular weight excluding hydrogens is 424 g/mol. The van der Waals surface area contributed by atoms with Gasteiger partial charge in [0.05, 0.1) is 16.7 Å². The van der Waals surface area contributed by atoms with Crippen LogP contribution in [0.4, 0.5) is 10.1 Å². The maximum atomic E-state index is 13.0. The minimum absolute atomic E-state index is 0.0446. The summed E-state index contributed by atoms with van der Waals surface area (Å²) in [6.45, 7) is 1.34. The zero-order chi connectivity index (χ0) is 21.7. The highest BCUT2D eigenvalue weighted by Crippen LogP contribution is 2.34. The van der Waals surface area contributed by atoms with E-state index in [-0.39, 0.29) is 10.9 Å². The van der Waals surface area contributed by atoms with Crippen LogP contribution in [0.5, 0.6) is 5.75 Å². The second kappa shape index (κ2) is 9.79. The van der Waals surface area contributed by atoms with E-state index >= 15 is 0 Å². The first-order chi connectivity index (χ1) is 14.4. The molecule has 3 aromatic rings. The van der Waals surface area contributed by atoms with E-state index in [2.05, 4.69) is 9.88 Å². The lowest BCUT2D eigenvalue weighted by Crippen LogP contribution is -2.32. The van der Waals surface area contributed by atoms with Gasteiger partial charge in [0.25, 0.3) is 5.91 Å². The number of thiazole rings is 1. The van der Waals surface area contributed by atoms with Gasteiger partial charge in [0.1, 0.15) is 11.3 Å². The van der Waals surface area contributed by atoms with Crippen LogP contribution in [0.25, 0.3) is 16.3 Å². The number of benzene rings is 1. The Balaban J connectivity index is 1.86. The molecule has 158 valence electrons. The zero-order valence-corrected chi connectivity index (χ0v) is 18.5. The molecule has 0 N–H and O–H groups in total. The third-order valence-electron chi connectivity index (χ3n) is 4.26. The third kappa shape index (κ3) is 5.21. The van der Waals surface area contributed by atoms with Gasteiger partial charge in [-0.15, -0.1) is 0 Å². The van der Waals surface area contributed by atoms with Gasteiger partial charge in [0.15, 0.2) is 5.13 Å². The van der Waals surface area contributed by atoms with Gasteiger partial charge >= 0.3 is 5.00 Å². The van der Waals surface area contributed by atoms with E-state index in [0.717, 1.165) is 34.5 Å². The summed E-state index contributed by atoms with van der Waals surface area (Å²) in [6, 6.07) is 8.75. The molecule has 0 saturated heterocycles. The van der Waals surface area contributed by atoms with Gasteiger partial charge < -0.3 is 9.64 Å². The monoisotopic (exact) mass is 446 g/mol. The summed E-state index contributed by atoms with van der Waals surface area (Å²) in [5, 5.41) is 11.5. The van der Waals surface area contributed by atoms with E-state index < -0.39 is 4.92 Å². The zero-order valence-electron chi connectivity index (χ0n) is 16.9. The Morgan fingerprint density at radius 1 is 1.23 bits per heavy atom. The number of hydrogen-bond donors (Lipinski definition) is 0. The number of methoxy groups -OCH3 is 1. The Kier molecular flexibility index (Phi) is 7.14. The smallest absolute Gasteiger partial charge is 0.324 e. The van der Waals surface area contributed by atoms with Crippen LogP contribution >= 0.6 is 22.7 Å². The molecule has 2 heterocycles. The summed E-state index contributed by atoms with van der Waals surface area (Å²) in [4.78, 5) is 32.4. The summed E-state index contributed by atoms with van der Waals surface area (Å²) in [7, 11) is 5.56. The van der Waals surface area contributed by atoms with Crippen LogP contribution in [-0.4, -0.2) is 55.0 Å². The number of anilines is 1. The molecule has 3 rings (SSSR count). The lowest BCUT2D eigenvalue weighted by molar-refractivity contribution is -0.380. The number of rotatable bonds is 9. The summed E-state index contributed by atoms with van der Waals surface area (Å²) in [5.41, 5.74) is 0.725. The fourth-order valence-electron chi connectivity index (χ4n) is 2.81. The number of nitrogens with zero attached hydrogens (tertiary/aromatic N) is 4. The van der Waals surface area contributed by atoms with Crippen molar-refractivity contribution < 1.29 is 14.5 Å². The normalized spacial score (nSPS) is 11.5. The van der Waals surface area contributed by atoms with Crippen molar-refractivity contribution in [2.45, 2.75) is 6.42 Å². The molecule has 10 heteroatoms. The molecule has 0 fully saturated rings. The van der Waals surface area contributed by atoms with Crippen molar-refractivity contribution in [2.75, 3.05) is 39.2 Å². The first-order valence-electron chi connectivity index (χ1n) is 9.21. The minimum atomic E-state index is -0.439. The van der Waals surface area contributed by atoms with Crippen molar-refractivity contribution in [2.24, 2.45) is 0 Å². The van der Waals surface area contributed by atoms with Crippen molar-refractivity contribution in [3.63, 3.8) is 0 Å². The Morgan fingerprint density at radius 2 is 2.03 bits per heavy atom. The highest BCUT2D eigenvalue weighted by atomic mass is 32.1. The molecular formula is C20H22N4O4S2. The molecule has 0 atom stereocenters. The lowest BCUT2D eigenvalue weighted by Gasteiger charge is -2.19. The number of para-hydroxylation sites is 1. The van der Waals surface area contributed by atoms with Gasteiger partial charge in [-0.2, -0.15) is 0 Å². The van der Waals surface area contributed by atoms with Crippen LogP contribution in [-0.2, 0) is 4.79 Å². The number of carbonyl (C=O) groups is 1. The van der Waals surface area contributed by atoms with Crippen LogP contribution < -0.4 is 9.64 Å². The van der Waals surface area contributed by atoms with Gasteiger partial charge in [0.2, 0.25) is 0 Å². The number of hydrogen-bond acceptors (Lipinski definition) is 8. The Bertz CT molecular complexity index is 1070. The van der Waals surface area contributed by atoms with E-state index in [1.807, 2.05) is 32.3 Å². The predicted octanol–water partition coefficient (Wildman–Crippen LogP) is 4.27. The van der Waals surface area contributed by atoms with Crippen LogP contribution in [0.1, 0.15) is 11.3 Å². The number of thiophene rings is 1. The molecule has 0 aliphatic carbocycles. The van der Waals surface area contributed by atoms with Gasteiger partial charge in [0, 0.05) is 23.6 Å². The van der Waals surface area contributed by atoms with E-state index in [4.69, 9.17) is 4.74 Å². The highest BCUT2D eigenvalue weighted by molar-refractivity contribution is 7.22. The number of nitro groups is 1. The standard InChI is InChI=1S/C20H22N4O4S2/c1-22(2)12-5-13-23(17(25)10-8-14-9-11-18(29-14)24(26)27)20-21-19-15(28-3)6-4-7-16(19)30-20/h4,6-11H,5,12-13H2,1-3H3. The van der Waals surface area contributed by atoms with E-state index in [9.17, 15) is 14.9 Å². The average molecular weight is 447 g/mol. The summed E-state index contributed by atoms with van der Waals surface area (Å²) < 4.78 is 6.32. The maximum absolute atomic E-state index is 13.0. The number of carbonyl (C=O) groups excluding carboxylic acids is 1. The van der Waals surface area contributed by atoms with Crippen molar-refractivity contribution in [3.05, 3.63) is 51.4 Å². The minimum Gasteiger partial charge on any atom is -0.494 e. The molecule has 0 saturated carbocycles. The molecule has 2 aromatic heterocycles. The molecule has 0 aliphatic heterocycles. The van der Waals surface area contributed by atoms with Crippen molar-refractivity contribution >= 4 is 55.0 Å². The van der Waals surface area contributed by atoms with E-state index in [0.29, 0.717) is 22.3 Å². The fourth-order valence-corrected chi connectivity index (χ4v) is 4.55. The van der Waals surface area contributed by atoms with E-state index in [1.165, 1.54) is 23.5 Å². The van der Waals surface area contributed by atoms with Crippen LogP contribution in [0.2, 0.25) is 0 Å². The highest BCUT2D eigenvalue weighted by Gasteiger charge is 2.19. The predicted molar refractivity (Wildman–Crippen MR) is 122 cm³/mol. The van der Waals surface area contributed by atoms with Crippen molar-refractivity contribution in [1.29, 1.82) is 0 Å². The maximum Gasteiger partial charge on any atom is 0.324 e. The summed E-state index contributed by atoms with van der Waals surface area (Å²) >= 11 is 2.46.